The van der Waals surface area contributed by atoms with E-state index in [1.807, 2.05) is 4.57 Å². The van der Waals surface area contributed by atoms with Crippen LogP contribution < -0.4 is 11.2 Å². The second kappa shape index (κ2) is 5.47. The number of Topliss-reactive ketones (excluding diaryl/α,β-unsaturated/α-hetero) is 1. The molecule has 2 rings (SSSR count). The fourth-order valence-electron chi connectivity index (χ4n) is 1.80. The van der Waals surface area contributed by atoms with Crippen molar-refractivity contribution in [2.45, 2.75) is 26.4 Å². The number of hydrogen-bond acceptors (Lipinski definition) is 4. The Morgan fingerprint density at radius 2 is 2.16 bits per heavy atom. The highest BCUT2D eigenvalue weighted by molar-refractivity contribution is 5.93. The van der Waals surface area contributed by atoms with Gasteiger partial charge in [0.25, 0.3) is 5.56 Å². The van der Waals surface area contributed by atoms with Crippen molar-refractivity contribution in [1.82, 2.24) is 19.1 Å². The first kappa shape index (κ1) is 13.0. The first-order chi connectivity index (χ1) is 9.09. The van der Waals surface area contributed by atoms with Gasteiger partial charge in [-0.1, -0.05) is 0 Å². The zero-order valence-corrected chi connectivity index (χ0v) is 10.5. The van der Waals surface area contributed by atoms with Gasteiger partial charge in [0.15, 0.2) is 5.78 Å². The van der Waals surface area contributed by atoms with Crippen molar-refractivity contribution in [3.63, 3.8) is 0 Å². The molecule has 0 saturated carbocycles. The number of carbonyl (C=O) groups excluding carboxylic acids is 1. The summed E-state index contributed by atoms with van der Waals surface area (Å²) < 4.78 is 2.90. The molecule has 0 unspecified atom stereocenters. The van der Waals surface area contributed by atoms with Crippen LogP contribution in [0.3, 0.4) is 0 Å². The Balaban J connectivity index is 2.16. The summed E-state index contributed by atoms with van der Waals surface area (Å²) in [6, 6.07) is 0. The van der Waals surface area contributed by atoms with Crippen LogP contribution in [-0.4, -0.2) is 24.9 Å². The lowest BCUT2D eigenvalue weighted by molar-refractivity contribution is 0.101. The van der Waals surface area contributed by atoms with Crippen molar-refractivity contribution in [2.24, 2.45) is 0 Å². The van der Waals surface area contributed by atoms with E-state index in [2.05, 4.69) is 9.97 Å². The summed E-state index contributed by atoms with van der Waals surface area (Å²) in [5.41, 5.74) is -1.04. The topological polar surface area (TPSA) is 89.8 Å². The molecular formula is C12H14N4O3. The van der Waals surface area contributed by atoms with Crippen LogP contribution in [0, 0.1) is 0 Å². The summed E-state index contributed by atoms with van der Waals surface area (Å²) in [5, 5.41) is 0. The van der Waals surface area contributed by atoms with Crippen LogP contribution in [0.15, 0.2) is 34.5 Å². The lowest BCUT2D eigenvalue weighted by Crippen LogP contribution is -2.37. The van der Waals surface area contributed by atoms with Crippen LogP contribution in [0.4, 0.5) is 0 Å². The Bertz CT molecular complexity index is 682. The molecule has 0 aromatic carbocycles. The van der Waals surface area contributed by atoms with Crippen molar-refractivity contribution < 1.29 is 4.79 Å². The molecule has 2 heterocycles. The van der Waals surface area contributed by atoms with Crippen molar-refractivity contribution in [1.29, 1.82) is 0 Å². The number of hydrogen-bond donors (Lipinski definition) is 1. The predicted octanol–water partition coefficient (Wildman–Crippen LogP) is 0.0260. The third-order valence-electron chi connectivity index (χ3n) is 2.80. The van der Waals surface area contributed by atoms with Gasteiger partial charge in [0.2, 0.25) is 0 Å². The first-order valence-electron chi connectivity index (χ1n) is 5.89. The number of aromatic nitrogens is 4. The third-order valence-corrected chi connectivity index (χ3v) is 2.80. The molecule has 0 bridgehead atoms. The molecule has 0 aliphatic heterocycles. The molecule has 0 fully saturated rings. The Kier molecular flexibility index (Phi) is 3.74. The van der Waals surface area contributed by atoms with E-state index in [9.17, 15) is 14.4 Å². The smallest absolute Gasteiger partial charge is 0.328 e. The van der Waals surface area contributed by atoms with E-state index in [1.54, 1.807) is 18.7 Å². The van der Waals surface area contributed by atoms with Gasteiger partial charge < -0.3 is 9.55 Å². The number of aromatic amines is 1. The molecule has 7 nitrogen and oxygen atoms in total. The third kappa shape index (κ3) is 2.87. The maximum atomic E-state index is 11.9. The number of aryl methyl sites for hydroxylation is 1. The highest BCUT2D eigenvalue weighted by Gasteiger charge is 2.10. The zero-order valence-electron chi connectivity index (χ0n) is 10.5. The van der Waals surface area contributed by atoms with Gasteiger partial charge in [-0.05, 0) is 13.3 Å². The minimum Gasteiger partial charge on any atom is -0.337 e. The Labute approximate surface area is 108 Å². The molecule has 0 atom stereocenters. The van der Waals surface area contributed by atoms with Crippen LogP contribution >= 0.6 is 0 Å². The van der Waals surface area contributed by atoms with E-state index < -0.39 is 11.2 Å². The van der Waals surface area contributed by atoms with E-state index >= 15 is 0 Å². The quantitative estimate of drug-likeness (QED) is 0.769. The molecular weight excluding hydrogens is 248 g/mol. The maximum Gasteiger partial charge on any atom is 0.328 e. The largest absolute Gasteiger partial charge is 0.337 e. The van der Waals surface area contributed by atoms with Crippen molar-refractivity contribution in [3.05, 3.63) is 51.3 Å². The molecule has 0 amide bonds. The SMILES string of the molecule is CC(=O)c1c[nH]c(=O)n(CCCn2ccnc2)c1=O. The molecule has 0 spiro atoms. The van der Waals surface area contributed by atoms with E-state index in [0.29, 0.717) is 13.0 Å². The van der Waals surface area contributed by atoms with Crippen LogP contribution in [0.25, 0.3) is 0 Å². The zero-order chi connectivity index (χ0) is 13.8. The molecule has 2 aromatic heterocycles. The summed E-state index contributed by atoms with van der Waals surface area (Å²) in [5.74, 6) is -0.357. The number of nitrogens with zero attached hydrogens (tertiary/aromatic N) is 3. The summed E-state index contributed by atoms with van der Waals surface area (Å²) in [7, 11) is 0. The fourth-order valence-corrected chi connectivity index (χ4v) is 1.80. The monoisotopic (exact) mass is 262 g/mol. The molecule has 100 valence electrons. The number of ketones is 1. The number of imidazole rings is 1. The molecule has 0 saturated heterocycles. The number of carbonyl (C=O) groups is 1. The lowest BCUT2D eigenvalue weighted by atomic mass is 10.2. The molecule has 0 aliphatic rings. The number of H-pyrrole nitrogens is 1. The van der Waals surface area contributed by atoms with Crippen LogP contribution in [0.1, 0.15) is 23.7 Å². The van der Waals surface area contributed by atoms with Gasteiger partial charge in [-0.3, -0.25) is 14.2 Å². The van der Waals surface area contributed by atoms with Crippen molar-refractivity contribution in [2.75, 3.05) is 0 Å². The summed E-state index contributed by atoms with van der Waals surface area (Å²) in [4.78, 5) is 41.1. The van der Waals surface area contributed by atoms with Crippen molar-refractivity contribution in [3.8, 4) is 0 Å². The van der Waals surface area contributed by atoms with Gasteiger partial charge in [0.05, 0.1) is 11.9 Å². The van der Waals surface area contributed by atoms with Gasteiger partial charge in [-0.15, -0.1) is 0 Å². The Morgan fingerprint density at radius 3 is 2.79 bits per heavy atom. The van der Waals surface area contributed by atoms with Crippen LogP contribution in [0.5, 0.6) is 0 Å². The minimum absolute atomic E-state index is 0.00207. The van der Waals surface area contributed by atoms with Crippen LogP contribution in [0.2, 0.25) is 0 Å². The summed E-state index contributed by atoms with van der Waals surface area (Å²) in [6.45, 7) is 2.20. The molecule has 0 aliphatic carbocycles. The highest BCUT2D eigenvalue weighted by atomic mass is 16.2. The van der Waals surface area contributed by atoms with E-state index in [4.69, 9.17) is 0 Å². The van der Waals surface area contributed by atoms with Crippen molar-refractivity contribution >= 4 is 5.78 Å². The second-order valence-corrected chi connectivity index (χ2v) is 4.17. The lowest BCUT2D eigenvalue weighted by Gasteiger charge is -2.06. The van der Waals surface area contributed by atoms with E-state index in [1.165, 1.54) is 13.1 Å². The number of nitrogens with one attached hydrogen (secondary N) is 1. The molecule has 19 heavy (non-hydrogen) atoms. The normalized spacial score (nSPS) is 10.6. The second-order valence-electron chi connectivity index (χ2n) is 4.17. The van der Waals surface area contributed by atoms with E-state index in [0.717, 1.165) is 4.57 Å². The summed E-state index contributed by atoms with van der Waals surface area (Å²) in [6.07, 6.45) is 6.90. The molecule has 7 heteroatoms. The van der Waals surface area contributed by atoms with Gasteiger partial charge in [-0.25, -0.2) is 9.78 Å². The first-order valence-corrected chi connectivity index (χ1v) is 5.89. The van der Waals surface area contributed by atoms with Crippen LogP contribution in [-0.2, 0) is 13.1 Å². The highest BCUT2D eigenvalue weighted by Crippen LogP contribution is 1.93. The average Bonchev–Trinajstić information content (AvgIpc) is 2.86. The average molecular weight is 262 g/mol. The number of rotatable bonds is 5. The molecule has 1 N–H and O–H groups in total. The Morgan fingerprint density at radius 1 is 1.37 bits per heavy atom. The standard InChI is InChI=1S/C12H14N4O3/c1-9(17)10-7-14-12(19)16(11(10)18)5-2-4-15-6-3-13-8-15/h3,6-8H,2,4-5H2,1H3,(H,14,19). The molecule has 2 aromatic rings. The van der Waals surface area contributed by atoms with Gasteiger partial charge >= 0.3 is 5.69 Å². The van der Waals surface area contributed by atoms with Gasteiger partial charge in [0, 0.05) is 31.7 Å². The molecule has 0 radical (unpaired) electrons. The predicted molar refractivity (Wildman–Crippen MR) is 68.2 cm³/mol. The van der Waals surface area contributed by atoms with E-state index in [-0.39, 0.29) is 17.9 Å². The summed E-state index contributed by atoms with van der Waals surface area (Å²) >= 11 is 0. The van der Waals surface area contributed by atoms with Gasteiger partial charge in [-0.2, -0.15) is 0 Å². The Hall–Kier alpha value is -2.44. The fraction of sp³-hybridized carbons (Fsp3) is 0.333. The van der Waals surface area contributed by atoms with Gasteiger partial charge in [0.1, 0.15) is 0 Å². The maximum absolute atomic E-state index is 11.9. The minimum atomic E-state index is -0.540.